The van der Waals surface area contributed by atoms with Crippen LogP contribution in [0.3, 0.4) is 0 Å². The summed E-state index contributed by atoms with van der Waals surface area (Å²) in [5.41, 5.74) is 4.59. The van der Waals surface area contributed by atoms with Crippen LogP contribution in [0.2, 0.25) is 0 Å². The van der Waals surface area contributed by atoms with Crippen LogP contribution in [0.4, 0.5) is 5.69 Å². The Morgan fingerprint density at radius 2 is 1.81 bits per heavy atom. The maximum atomic E-state index is 12.8. The second kappa shape index (κ2) is 9.94. The van der Waals surface area contributed by atoms with Gasteiger partial charge in [-0.15, -0.1) is 0 Å². The number of anilines is 1. The SMILES string of the molecule is COc1ccccc1NC(=S)N(CCN(C)C)Cc1cc2cc(C)c(C)cc2[nH]c1=O. The predicted molar refractivity (Wildman–Crippen MR) is 132 cm³/mol. The van der Waals surface area contributed by atoms with Crippen molar-refractivity contribution in [2.75, 3.05) is 39.6 Å². The highest BCUT2D eigenvalue weighted by molar-refractivity contribution is 7.80. The van der Waals surface area contributed by atoms with Gasteiger partial charge in [0.05, 0.1) is 19.3 Å². The van der Waals surface area contributed by atoms with Gasteiger partial charge < -0.3 is 24.8 Å². The molecule has 0 fully saturated rings. The molecule has 3 rings (SSSR count). The molecule has 0 aliphatic rings. The fraction of sp³-hybridized carbons (Fsp3) is 0.333. The molecule has 0 amide bonds. The molecule has 0 saturated heterocycles. The van der Waals surface area contributed by atoms with Crippen molar-refractivity contribution in [3.05, 3.63) is 69.5 Å². The number of benzene rings is 2. The number of pyridine rings is 1. The minimum Gasteiger partial charge on any atom is -0.495 e. The predicted octanol–water partition coefficient (Wildman–Crippen LogP) is 3.91. The number of nitrogens with zero attached hydrogens (tertiary/aromatic N) is 2. The number of aryl methyl sites for hydroxylation is 2. The Labute approximate surface area is 188 Å². The average molecular weight is 439 g/mol. The molecule has 3 aromatic rings. The zero-order valence-electron chi connectivity index (χ0n) is 18.8. The minimum atomic E-state index is -0.0919. The molecule has 6 nitrogen and oxygen atoms in total. The number of hydrogen-bond donors (Lipinski definition) is 2. The van der Waals surface area contributed by atoms with Crippen LogP contribution in [-0.4, -0.2) is 54.2 Å². The van der Waals surface area contributed by atoms with Crippen LogP contribution in [0, 0.1) is 13.8 Å². The molecule has 0 bridgehead atoms. The van der Waals surface area contributed by atoms with Gasteiger partial charge >= 0.3 is 0 Å². The van der Waals surface area contributed by atoms with E-state index in [9.17, 15) is 4.79 Å². The summed E-state index contributed by atoms with van der Waals surface area (Å²) in [7, 11) is 5.66. The second-order valence-corrected chi connectivity index (χ2v) is 8.39. The van der Waals surface area contributed by atoms with Crippen LogP contribution >= 0.6 is 12.2 Å². The van der Waals surface area contributed by atoms with Crippen LogP contribution in [0.15, 0.2) is 47.3 Å². The van der Waals surface area contributed by atoms with Crippen molar-refractivity contribution in [1.29, 1.82) is 0 Å². The van der Waals surface area contributed by atoms with Crippen LogP contribution in [0.1, 0.15) is 16.7 Å². The van der Waals surface area contributed by atoms with Crippen molar-refractivity contribution in [2.24, 2.45) is 0 Å². The quantitative estimate of drug-likeness (QED) is 0.546. The summed E-state index contributed by atoms with van der Waals surface area (Å²) in [6.07, 6.45) is 0. The molecule has 0 aliphatic carbocycles. The summed E-state index contributed by atoms with van der Waals surface area (Å²) in [6.45, 7) is 6.02. The van der Waals surface area contributed by atoms with Gasteiger partial charge in [-0.3, -0.25) is 4.79 Å². The summed E-state index contributed by atoms with van der Waals surface area (Å²) in [6, 6.07) is 13.7. The van der Waals surface area contributed by atoms with Crippen molar-refractivity contribution >= 4 is 33.9 Å². The molecule has 0 saturated carbocycles. The molecule has 2 aromatic carbocycles. The molecule has 2 N–H and O–H groups in total. The number of hydrogen-bond acceptors (Lipinski definition) is 4. The fourth-order valence-electron chi connectivity index (χ4n) is 3.36. The molecule has 0 spiro atoms. The number of fused-ring (bicyclic) bond motifs is 1. The Hall–Kier alpha value is -2.90. The van der Waals surface area contributed by atoms with E-state index in [-0.39, 0.29) is 5.56 Å². The Kier molecular flexibility index (Phi) is 7.30. The smallest absolute Gasteiger partial charge is 0.253 e. The van der Waals surface area contributed by atoms with E-state index in [0.717, 1.165) is 28.7 Å². The first kappa shape index (κ1) is 22.8. The number of para-hydroxylation sites is 2. The van der Waals surface area contributed by atoms with E-state index in [0.29, 0.717) is 29.5 Å². The number of thiocarbonyl (C=S) groups is 1. The first-order valence-corrected chi connectivity index (χ1v) is 10.7. The summed E-state index contributed by atoms with van der Waals surface area (Å²) < 4.78 is 5.43. The summed E-state index contributed by atoms with van der Waals surface area (Å²) in [5, 5.41) is 4.85. The van der Waals surface area contributed by atoms with Crippen molar-refractivity contribution in [1.82, 2.24) is 14.8 Å². The highest BCUT2D eigenvalue weighted by atomic mass is 32.1. The number of aromatic amines is 1. The third kappa shape index (κ3) is 5.62. The number of H-pyrrole nitrogens is 1. The Morgan fingerprint density at radius 3 is 2.52 bits per heavy atom. The van der Waals surface area contributed by atoms with Crippen molar-refractivity contribution < 1.29 is 4.74 Å². The van der Waals surface area contributed by atoms with Gasteiger partial charge in [0.2, 0.25) is 0 Å². The lowest BCUT2D eigenvalue weighted by Gasteiger charge is -2.27. The van der Waals surface area contributed by atoms with Gasteiger partial charge in [-0.25, -0.2) is 0 Å². The largest absolute Gasteiger partial charge is 0.495 e. The van der Waals surface area contributed by atoms with Crippen molar-refractivity contribution in [2.45, 2.75) is 20.4 Å². The molecule has 1 heterocycles. The molecule has 0 atom stereocenters. The normalized spacial score (nSPS) is 11.0. The lowest BCUT2D eigenvalue weighted by Crippen LogP contribution is -2.40. The van der Waals surface area contributed by atoms with Crippen LogP contribution in [0.5, 0.6) is 5.75 Å². The first-order valence-electron chi connectivity index (χ1n) is 10.3. The standard InChI is InChI=1S/C24H30N4O2S/c1-16-12-18-14-19(23(29)25-21(18)13-17(16)2)15-28(11-10-27(3)4)24(31)26-20-8-6-7-9-22(20)30-5/h6-9,12-14H,10-11,15H2,1-5H3,(H,25,29)(H,26,31). The van der Waals surface area contributed by atoms with E-state index in [4.69, 9.17) is 17.0 Å². The number of nitrogens with one attached hydrogen (secondary N) is 2. The zero-order chi connectivity index (χ0) is 22.5. The topological polar surface area (TPSA) is 60.6 Å². The van der Waals surface area contributed by atoms with E-state index in [1.165, 1.54) is 5.56 Å². The fourth-order valence-corrected chi connectivity index (χ4v) is 3.63. The Balaban J connectivity index is 1.90. The third-order valence-electron chi connectivity index (χ3n) is 5.35. The minimum absolute atomic E-state index is 0.0919. The molecule has 0 unspecified atom stereocenters. The second-order valence-electron chi connectivity index (χ2n) is 8.00. The molecule has 1 aromatic heterocycles. The van der Waals surface area contributed by atoms with E-state index in [2.05, 4.69) is 28.2 Å². The highest BCUT2D eigenvalue weighted by Crippen LogP contribution is 2.24. The van der Waals surface area contributed by atoms with Gasteiger partial charge in [-0.2, -0.15) is 0 Å². The molecule has 164 valence electrons. The first-order chi connectivity index (χ1) is 14.8. The maximum absolute atomic E-state index is 12.8. The molecule has 7 heteroatoms. The lowest BCUT2D eigenvalue weighted by molar-refractivity contribution is 0.327. The number of ether oxygens (including phenoxy) is 1. The van der Waals surface area contributed by atoms with Gasteiger partial charge in [0.15, 0.2) is 5.11 Å². The number of aromatic nitrogens is 1. The van der Waals surface area contributed by atoms with Crippen LogP contribution in [-0.2, 0) is 6.54 Å². The third-order valence-corrected chi connectivity index (χ3v) is 5.71. The van der Waals surface area contributed by atoms with Gasteiger partial charge in [0, 0.05) is 24.2 Å². The van der Waals surface area contributed by atoms with Crippen molar-refractivity contribution in [3.63, 3.8) is 0 Å². The lowest BCUT2D eigenvalue weighted by atomic mass is 10.0. The van der Waals surface area contributed by atoms with Crippen molar-refractivity contribution in [3.8, 4) is 5.75 Å². The number of likely N-dealkylation sites (N-methyl/N-ethyl adjacent to an activating group) is 1. The van der Waals surface area contributed by atoms with E-state index >= 15 is 0 Å². The van der Waals surface area contributed by atoms with Gasteiger partial charge in [0.25, 0.3) is 5.56 Å². The monoisotopic (exact) mass is 438 g/mol. The van der Waals surface area contributed by atoms with E-state index in [1.807, 2.05) is 62.3 Å². The highest BCUT2D eigenvalue weighted by Gasteiger charge is 2.15. The summed E-state index contributed by atoms with van der Waals surface area (Å²) in [4.78, 5) is 19.9. The van der Waals surface area contributed by atoms with Gasteiger partial charge in [-0.1, -0.05) is 12.1 Å². The summed E-state index contributed by atoms with van der Waals surface area (Å²) in [5.74, 6) is 0.715. The molecule has 0 aliphatic heterocycles. The number of methoxy groups -OCH3 is 1. The van der Waals surface area contributed by atoms with Crippen LogP contribution < -0.4 is 15.6 Å². The summed E-state index contributed by atoms with van der Waals surface area (Å²) >= 11 is 5.72. The van der Waals surface area contributed by atoms with E-state index in [1.54, 1.807) is 7.11 Å². The zero-order valence-corrected chi connectivity index (χ0v) is 19.6. The van der Waals surface area contributed by atoms with Gasteiger partial charge in [0.1, 0.15) is 5.75 Å². The Morgan fingerprint density at radius 1 is 1.10 bits per heavy atom. The Bertz CT molecular complexity index is 1140. The van der Waals surface area contributed by atoms with E-state index < -0.39 is 0 Å². The molecular formula is C24H30N4O2S. The van der Waals surface area contributed by atoms with Crippen LogP contribution in [0.25, 0.3) is 10.9 Å². The maximum Gasteiger partial charge on any atom is 0.253 e. The molecule has 0 radical (unpaired) electrons. The average Bonchev–Trinajstić information content (AvgIpc) is 2.73. The molecular weight excluding hydrogens is 408 g/mol. The number of rotatable bonds is 7. The molecule has 31 heavy (non-hydrogen) atoms. The van der Waals surface area contributed by atoms with Gasteiger partial charge in [-0.05, 0) is 87.0 Å².